The van der Waals surface area contributed by atoms with Gasteiger partial charge in [-0.3, -0.25) is 14.5 Å². The van der Waals surface area contributed by atoms with Crippen LogP contribution in [0.1, 0.15) is 69.1 Å². The standard InChI is InChI=1S/C35H42ClN5O3/c1-5-8-30(43)35-16-14-34(20-35,15-17-35)21-41-18-13-29-28(19-41)39-33(40(29)3)23(2)38-26-11-6-9-24(31(26)36)25-10-7-12-27(37-22-42)32(25)44-4/h6-7,9-12,22,38H,2,5,8,13-21H2,1,3-4H3,(H,37,42). The predicted octanol–water partition coefficient (Wildman–Crippen LogP) is 7.08. The molecule has 2 aromatic carbocycles. The first-order chi connectivity index (χ1) is 21.2. The number of ketones is 1. The molecule has 3 aromatic rings. The Balaban J connectivity index is 1.17. The molecule has 232 valence electrons. The van der Waals surface area contributed by atoms with Gasteiger partial charge in [-0.1, -0.05) is 49.4 Å². The van der Waals surface area contributed by atoms with Crippen LogP contribution < -0.4 is 15.4 Å². The summed E-state index contributed by atoms with van der Waals surface area (Å²) in [6, 6.07) is 11.3. The maximum absolute atomic E-state index is 13.0. The van der Waals surface area contributed by atoms with Crippen molar-refractivity contribution >= 4 is 40.9 Å². The number of fused-ring (bicyclic) bond motifs is 3. The van der Waals surface area contributed by atoms with Crippen LogP contribution in [-0.2, 0) is 29.6 Å². The molecule has 0 radical (unpaired) electrons. The zero-order valence-corrected chi connectivity index (χ0v) is 26.7. The zero-order valence-electron chi connectivity index (χ0n) is 26.0. The highest BCUT2D eigenvalue weighted by Crippen LogP contribution is 2.62. The fourth-order valence-corrected chi connectivity index (χ4v) is 8.35. The van der Waals surface area contributed by atoms with Crippen molar-refractivity contribution < 1.29 is 14.3 Å². The molecule has 3 aliphatic rings. The van der Waals surface area contributed by atoms with Crippen molar-refractivity contribution in [3.63, 3.8) is 0 Å². The number of ether oxygens (including phenoxy) is 1. The first-order valence-corrected chi connectivity index (χ1v) is 16.0. The molecule has 0 unspecified atom stereocenters. The molecule has 6 rings (SSSR count). The highest BCUT2D eigenvalue weighted by Gasteiger charge is 2.57. The summed E-state index contributed by atoms with van der Waals surface area (Å²) in [6.07, 6.45) is 8.79. The third-order valence-electron chi connectivity index (χ3n) is 10.2. The van der Waals surface area contributed by atoms with Crippen molar-refractivity contribution in [1.82, 2.24) is 14.5 Å². The molecule has 2 fully saturated rings. The Morgan fingerprint density at radius 2 is 1.86 bits per heavy atom. The van der Waals surface area contributed by atoms with Crippen molar-refractivity contribution in [3.8, 4) is 16.9 Å². The number of anilines is 2. The Kier molecular flexibility index (Phi) is 8.33. The molecule has 2 heterocycles. The van der Waals surface area contributed by atoms with E-state index < -0.39 is 0 Å². The van der Waals surface area contributed by atoms with Crippen molar-refractivity contribution in [3.05, 3.63) is 65.2 Å². The number of Topliss-reactive ketones (excluding diaryl/α,β-unsaturated/α-hetero) is 1. The lowest BCUT2D eigenvalue weighted by Gasteiger charge is -2.35. The Morgan fingerprint density at radius 3 is 2.57 bits per heavy atom. The highest BCUT2D eigenvalue weighted by molar-refractivity contribution is 6.36. The van der Waals surface area contributed by atoms with Gasteiger partial charge in [-0.25, -0.2) is 4.98 Å². The minimum Gasteiger partial charge on any atom is -0.494 e. The second-order valence-corrected chi connectivity index (χ2v) is 13.3. The van der Waals surface area contributed by atoms with E-state index in [9.17, 15) is 9.59 Å². The lowest BCUT2D eigenvalue weighted by molar-refractivity contribution is -0.128. The van der Waals surface area contributed by atoms with Gasteiger partial charge in [0.2, 0.25) is 6.41 Å². The predicted molar refractivity (Wildman–Crippen MR) is 176 cm³/mol. The van der Waals surface area contributed by atoms with Gasteiger partial charge in [0.1, 0.15) is 11.5 Å². The number of halogens is 1. The number of carbonyl (C=O) groups is 2. The number of nitrogens with zero attached hydrogens (tertiary/aromatic N) is 3. The van der Waals surface area contributed by atoms with Crippen molar-refractivity contribution in [2.24, 2.45) is 17.9 Å². The third kappa shape index (κ3) is 5.32. The minimum atomic E-state index is -0.0442. The summed E-state index contributed by atoms with van der Waals surface area (Å²) in [5.41, 5.74) is 6.04. The Hall–Kier alpha value is -3.62. The van der Waals surface area contributed by atoms with E-state index in [1.54, 1.807) is 13.2 Å². The van der Waals surface area contributed by atoms with Gasteiger partial charge in [-0.15, -0.1) is 0 Å². The van der Waals surface area contributed by atoms with Gasteiger partial charge < -0.3 is 19.9 Å². The summed E-state index contributed by atoms with van der Waals surface area (Å²) in [4.78, 5) is 31.7. The monoisotopic (exact) mass is 615 g/mol. The van der Waals surface area contributed by atoms with Gasteiger partial charge in [-0.05, 0) is 56.1 Å². The minimum absolute atomic E-state index is 0.0442. The number of methoxy groups -OCH3 is 1. The van der Waals surface area contributed by atoms with Gasteiger partial charge >= 0.3 is 0 Å². The van der Waals surface area contributed by atoms with E-state index in [2.05, 4.69) is 40.7 Å². The molecular formula is C35H42ClN5O3. The number of aromatic nitrogens is 2. The molecule has 9 heteroatoms. The number of hydrogen-bond donors (Lipinski definition) is 2. The molecule has 1 aliphatic heterocycles. The average molecular weight is 616 g/mol. The molecule has 2 aliphatic carbocycles. The maximum atomic E-state index is 13.0. The average Bonchev–Trinajstić information content (AvgIpc) is 3.68. The molecular weight excluding hydrogens is 574 g/mol. The molecule has 44 heavy (non-hydrogen) atoms. The summed E-state index contributed by atoms with van der Waals surface area (Å²) < 4.78 is 7.78. The zero-order chi connectivity index (χ0) is 31.1. The van der Waals surface area contributed by atoms with Crippen LogP contribution in [0.25, 0.3) is 16.8 Å². The van der Waals surface area contributed by atoms with E-state index >= 15 is 0 Å². The molecule has 2 N–H and O–H groups in total. The SMILES string of the molecule is C=C(Nc1cccc(-c2cccc(NC=O)c2OC)c1Cl)c1nc2c(n1C)CCN(CC13CCC(C(=O)CCC)(CC1)C3)C2. The van der Waals surface area contributed by atoms with Crippen molar-refractivity contribution in [2.45, 2.75) is 64.8 Å². The number of hydrogen-bond acceptors (Lipinski definition) is 6. The van der Waals surface area contributed by atoms with Crippen LogP contribution in [0.5, 0.6) is 5.75 Å². The smallest absolute Gasteiger partial charge is 0.211 e. The highest BCUT2D eigenvalue weighted by atomic mass is 35.5. The normalized spacial score (nSPS) is 22.5. The maximum Gasteiger partial charge on any atom is 0.211 e. The topological polar surface area (TPSA) is 88.5 Å². The number of nitrogens with one attached hydrogen (secondary N) is 2. The molecule has 2 saturated carbocycles. The van der Waals surface area contributed by atoms with E-state index in [0.717, 1.165) is 80.8 Å². The van der Waals surface area contributed by atoms with E-state index in [1.165, 1.54) is 18.5 Å². The fraction of sp³-hybridized carbons (Fsp3) is 0.457. The fourth-order valence-electron chi connectivity index (χ4n) is 8.08. The van der Waals surface area contributed by atoms with Crippen LogP contribution in [0.4, 0.5) is 11.4 Å². The molecule has 2 bridgehead atoms. The van der Waals surface area contributed by atoms with Crippen molar-refractivity contribution in [1.29, 1.82) is 0 Å². The Morgan fingerprint density at radius 1 is 1.14 bits per heavy atom. The van der Waals surface area contributed by atoms with Gasteiger partial charge in [0.05, 0.1) is 34.9 Å². The van der Waals surface area contributed by atoms with Gasteiger partial charge in [0.15, 0.2) is 5.82 Å². The van der Waals surface area contributed by atoms with Gasteiger partial charge in [0, 0.05) is 61.8 Å². The Bertz CT molecular complexity index is 1600. The van der Waals surface area contributed by atoms with E-state index in [4.69, 9.17) is 21.3 Å². The second-order valence-electron chi connectivity index (χ2n) is 12.9. The largest absolute Gasteiger partial charge is 0.494 e. The quantitative estimate of drug-likeness (QED) is 0.212. The molecule has 1 aromatic heterocycles. The van der Waals surface area contributed by atoms with E-state index in [0.29, 0.717) is 40.0 Å². The molecule has 0 spiro atoms. The number of imidazole rings is 1. The van der Waals surface area contributed by atoms with Crippen LogP contribution >= 0.6 is 11.6 Å². The number of carbonyl (C=O) groups excluding carboxylic acids is 2. The molecule has 0 atom stereocenters. The summed E-state index contributed by atoms with van der Waals surface area (Å²) in [5.74, 6) is 1.83. The number of amides is 1. The summed E-state index contributed by atoms with van der Waals surface area (Å²) in [5, 5.41) is 6.62. The number of para-hydroxylation sites is 1. The molecule has 0 saturated heterocycles. The number of rotatable bonds is 12. The third-order valence-corrected chi connectivity index (χ3v) is 10.6. The summed E-state index contributed by atoms with van der Waals surface area (Å²) in [7, 11) is 3.62. The van der Waals surface area contributed by atoms with E-state index in [-0.39, 0.29) is 10.8 Å². The lowest BCUT2D eigenvalue weighted by atomic mass is 9.78. The first-order valence-electron chi connectivity index (χ1n) is 15.7. The summed E-state index contributed by atoms with van der Waals surface area (Å²) in [6.45, 7) is 9.31. The van der Waals surface area contributed by atoms with Crippen LogP contribution in [0.15, 0.2) is 43.0 Å². The van der Waals surface area contributed by atoms with E-state index in [1.807, 2.05) is 30.3 Å². The lowest BCUT2D eigenvalue weighted by Crippen LogP contribution is -2.39. The molecule has 1 amide bonds. The van der Waals surface area contributed by atoms with Crippen LogP contribution in [0.2, 0.25) is 5.02 Å². The van der Waals surface area contributed by atoms with Gasteiger partial charge in [-0.2, -0.15) is 0 Å². The Labute approximate surface area is 264 Å². The first kappa shape index (κ1) is 30.4. The van der Waals surface area contributed by atoms with Gasteiger partial charge in [0.25, 0.3) is 0 Å². The van der Waals surface area contributed by atoms with Crippen LogP contribution in [0.3, 0.4) is 0 Å². The molecule has 8 nitrogen and oxygen atoms in total. The van der Waals surface area contributed by atoms with Crippen molar-refractivity contribution in [2.75, 3.05) is 30.8 Å². The van der Waals surface area contributed by atoms with Crippen LogP contribution in [0, 0.1) is 10.8 Å². The van der Waals surface area contributed by atoms with Crippen LogP contribution in [-0.4, -0.2) is 46.8 Å². The number of benzene rings is 2. The summed E-state index contributed by atoms with van der Waals surface area (Å²) >= 11 is 6.95. The second kappa shape index (κ2) is 12.1.